The van der Waals surface area contributed by atoms with E-state index in [0.29, 0.717) is 0 Å². The Hall–Kier alpha value is -2.63. The Kier molecular flexibility index (Phi) is 6.82. The van der Waals surface area contributed by atoms with Crippen molar-refractivity contribution >= 4 is 38.9 Å². The van der Waals surface area contributed by atoms with E-state index in [4.69, 9.17) is 11.6 Å². The molecule has 3 aromatic heterocycles. The van der Waals surface area contributed by atoms with E-state index in [-0.39, 0.29) is 49.0 Å². The maximum atomic E-state index is 14.5. The molecule has 0 aliphatic rings. The third-order valence-electron chi connectivity index (χ3n) is 4.17. The highest BCUT2D eigenvalue weighted by Gasteiger charge is 2.30. The number of carboxylic acid groups (broad SMARTS) is 1. The maximum Gasteiger partial charge on any atom is 0.407 e. The average Bonchev–Trinajstić information content (AvgIpc) is 3.11. The van der Waals surface area contributed by atoms with E-state index >= 15 is 0 Å². The summed E-state index contributed by atoms with van der Waals surface area (Å²) in [7, 11) is -4.16. The van der Waals surface area contributed by atoms with Crippen molar-refractivity contribution in [2.24, 2.45) is 5.41 Å². The molecular formula is C20H20ClFN4O4S2. The molecule has 0 spiro atoms. The molecule has 0 saturated heterocycles. The summed E-state index contributed by atoms with van der Waals surface area (Å²) < 4.78 is 41.0. The monoisotopic (exact) mass is 498 g/mol. The predicted octanol–water partition coefficient (Wildman–Crippen LogP) is 4.75. The second kappa shape index (κ2) is 9.08. The van der Waals surface area contributed by atoms with Crippen molar-refractivity contribution in [3.8, 4) is 11.3 Å². The number of rotatable bonds is 6. The molecule has 8 nitrogen and oxygen atoms in total. The zero-order valence-corrected chi connectivity index (χ0v) is 19.8. The molecule has 0 atom stereocenters. The van der Waals surface area contributed by atoms with Crippen LogP contribution in [-0.2, 0) is 16.4 Å². The third kappa shape index (κ3) is 5.40. The minimum absolute atomic E-state index is 0.0212. The summed E-state index contributed by atoms with van der Waals surface area (Å²) in [6.07, 6.45) is 1.31. The van der Waals surface area contributed by atoms with Crippen LogP contribution in [0.25, 0.3) is 11.3 Å². The first-order valence-electron chi connectivity index (χ1n) is 9.33. The Morgan fingerprint density at radius 1 is 1.25 bits per heavy atom. The van der Waals surface area contributed by atoms with Gasteiger partial charge in [0.25, 0.3) is 0 Å². The number of amides is 1. The van der Waals surface area contributed by atoms with Gasteiger partial charge in [-0.2, -0.15) is 4.39 Å². The fraction of sp³-hybridized carbons (Fsp3) is 0.300. The van der Waals surface area contributed by atoms with Crippen LogP contribution in [0.4, 0.5) is 9.18 Å². The Balaban J connectivity index is 2.15. The molecule has 0 saturated carbocycles. The van der Waals surface area contributed by atoms with E-state index in [1.165, 1.54) is 36.7 Å². The van der Waals surface area contributed by atoms with E-state index in [1.54, 1.807) is 0 Å². The Morgan fingerprint density at radius 3 is 2.56 bits per heavy atom. The molecule has 3 aromatic rings. The van der Waals surface area contributed by atoms with Crippen LogP contribution < -0.4 is 0 Å². The SMILES string of the molecule is CC(C)(C)CN(Cc1nc(-c2cccnc2F)c(S(=O)(=O)c2ccnc(Cl)c2)s1)C(=O)O. The summed E-state index contributed by atoms with van der Waals surface area (Å²) in [5, 5.41) is 9.78. The molecule has 0 unspecified atom stereocenters. The molecule has 0 bridgehead atoms. The van der Waals surface area contributed by atoms with Crippen LogP contribution in [-0.4, -0.2) is 46.0 Å². The molecule has 12 heteroatoms. The Morgan fingerprint density at radius 2 is 1.97 bits per heavy atom. The van der Waals surface area contributed by atoms with E-state index in [9.17, 15) is 22.7 Å². The molecule has 0 aromatic carbocycles. The number of nitrogens with zero attached hydrogens (tertiary/aromatic N) is 4. The second-order valence-electron chi connectivity index (χ2n) is 8.10. The highest BCUT2D eigenvalue weighted by molar-refractivity contribution is 7.93. The van der Waals surface area contributed by atoms with Crippen LogP contribution in [0.3, 0.4) is 0 Å². The number of sulfone groups is 1. The van der Waals surface area contributed by atoms with Crippen LogP contribution in [0.1, 0.15) is 25.8 Å². The first-order chi connectivity index (χ1) is 14.9. The maximum absolute atomic E-state index is 14.5. The molecule has 170 valence electrons. The number of thiazole rings is 1. The minimum atomic E-state index is -4.16. The van der Waals surface area contributed by atoms with E-state index in [1.807, 2.05) is 20.8 Å². The van der Waals surface area contributed by atoms with Gasteiger partial charge in [0, 0.05) is 18.9 Å². The quantitative estimate of drug-likeness (QED) is 0.488. The van der Waals surface area contributed by atoms with Gasteiger partial charge >= 0.3 is 6.09 Å². The van der Waals surface area contributed by atoms with Gasteiger partial charge in [0.05, 0.1) is 17.0 Å². The normalized spacial score (nSPS) is 12.0. The molecule has 0 aliphatic heterocycles. The largest absolute Gasteiger partial charge is 0.465 e. The van der Waals surface area contributed by atoms with Crippen molar-refractivity contribution in [3.63, 3.8) is 0 Å². The number of hydrogen-bond donors (Lipinski definition) is 1. The summed E-state index contributed by atoms with van der Waals surface area (Å²) in [6.45, 7) is 5.68. The molecule has 0 fully saturated rings. The summed E-state index contributed by atoms with van der Waals surface area (Å²) in [6, 6.07) is 5.28. The zero-order valence-electron chi connectivity index (χ0n) is 17.4. The van der Waals surface area contributed by atoms with E-state index in [0.717, 1.165) is 16.2 Å². The first kappa shape index (κ1) is 24.0. The van der Waals surface area contributed by atoms with Gasteiger partial charge < -0.3 is 10.0 Å². The zero-order chi connectivity index (χ0) is 23.7. The van der Waals surface area contributed by atoms with Gasteiger partial charge in [-0.1, -0.05) is 32.4 Å². The first-order valence-corrected chi connectivity index (χ1v) is 12.0. The number of pyridine rings is 2. The molecule has 3 rings (SSSR count). The van der Waals surface area contributed by atoms with Crippen molar-refractivity contribution < 1.29 is 22.7 Å². The van der Waals surface area contributed by atoms with Crippen molar-refractivity contribution in [2.75, 3.05) is 6.54 Å². The predicted molar refractivity (Wildman–Crippen MR) is 118 cm³/mol. The second-order valence-corrected chi connectivity index (χ2v) is 11.7. The number of carbonyl (C=O) groups is 1. The fourth-order valence-electron chi connectivity index (χ4n) is 2.92. The van der Waals surface area contributed by atoms with Gasteiger partial charge in [0.15, 0.2) is 4.21 Å². The smallest absolute Gasteiger partial charge is 0.407 e. The average molecular weight is 499 g/mol. The summed E-state index contributed by atoms with van der Waals surface area (Å²) in [5.41, 5.74) is -0.576. The van der Waals surface area contributed by atoms with Gasteiger partial charge in [-0.25, -0.2) is 28.2 Å². The number of aromatic nitrogens is 3. The summed E-state index contributed by atoms with van der Waals surface area (Å²) in [5.74, 6) is -0.890. The lowest BCUT2D eigenvalue weighted by molar-refractivity contribution is 0.123. The van der Waals surface area contributed by atoms with E-state index in [2.05, 4.69) is 15.0 Å². The van der Waals surface area contributed by atoms with Crippen LogP contribution in [0.5, 0.6) is 0 Å². The van der Waals surface area contributed by atoms with Crippen molar-refractivity contribution in [1.82, 2.24) is 19.9 Å². The summed E-state index contributed by atoms with van der Waals surface area (Å²) in [4.78, 5) is 24.4. The van der Waals surface area contributed by atoms with Gasteiger partial charge in [-0.3, -0.25) is 0 Å². The van der Waals surface area contributed by atoms with Gasteiger partial charge in [0.2, 0.25) is 15.8 Å². The van der Waals surface area contributed by atoms with Crippen LogP contribution in [0, 0.1) is 11.4 Å². The van der Waals surface area contributed by atoms with Crippen LogP contribution >= 0.6 is 22.9 Å². The van der Waals surface area contributed by atoms with Gasteiger partial charge in [0.1, 0.15) is 15.9 Å². The molecule has 3 heterocycles. The lowest BCUT2D eigenvalue weighted by Crippen LogP contribution is -2.36. The van der Waals surface area contributed by atoms with Gasteiger partial charge in [-0.15, -0.1) is 11.3 Å². The highest BCUT2D eigenvalue weighted by Crippen LogP contribution is 2.37. The molecule has 0 radical (unpaired) electrons. The Bertz CT molecular complexity index is 1260. The van der Waals surface area contributed by atoms with Crippen molar-refractivity contribution in [2.45, 2.75) is 36.4 Å². The molecule has 1 N–H and O–H groups in total. The molecular weight excluding hydrogens is 479 g/mol. The standard InChI is InChI=1S/C20H20ClFN4O4S2/c1-20(2,3)11-26(19(27)28)10-15-25-16(13-5-4-7-24-17(13)22)18(31-15)32(29,30)12-6-8-23-14(21)9-12/h4-9H,10-11H2,1-3H3,(H,27,28). The van der Waals surface area contributed by atoms with Crippen LogP contribution in [0.15, 0.2) is 45.8 Å². The lowest BCUT2D eigenvalue weighted by Gasteiger charge is -2.27. The van der Waals surface area contributed by atoms with Crippen molar-refractivity contribution in [3.05, 3.63) is 52.8 Å². The topological polar surface area (TPSA) is 113 Å². The number of halogens is 2. The third-order valence-corrected chi connectivity index (χ3v) is 7.67. The number of hydrogen-bond acceptors (Lipinski definition) is 7. The van der Waals surface area contributed by atoms with Crippen molar-refractivity contribution in [1.29, 1.82) is 0 Å². The molecule has 0 aliphatic carbocycles. The fourth-order valence-corrected chi connectivity index (χ4v) is 6.13. The molecule has 32 heavy (non-hydrogen) atoms. The highest BCUT2D eigenvalue weighted by atomic mass is 35.5. The molecule has 1 amide bonds. The van der Waals surface area contributed by atoms with Crippen LogP contribution in [0.2, 0.25) is 5.15 Å². The lowest BCUT2D eigenvalue weighted by atomic mass is 9.96. The van der Waals surface area contributed by atoms with Gasteiger partial charge in [-0.05, 0) is 29.7 Å². The van der Waals surface area contributed by atoms with E-state index < -0.39 is 21.9 Å². The minimum Gasteiger partial charge on any atom is -0.465 e. The summed E-state index contributed by atoms with van der Waals surface area (Å²) >= 11 is 6.64. The Labute approximate surface area is 193 Å².